The van der Waals surface area contributed by atoms with E-state index < -0.39 is 15.9 Å². The molecule has 9 heteroatoms. The number of benzene rings is 2. The number of carbonyl (C=O) groups excluding carboxylic acids is 1. The van der Waals surface area contributed by atoms with Crippen LogP contribution < -0.4 is 23.8 Å². The number of hydrogen-bond acceptors (Lipinski definition) is 6. The van der Waals surface area contributed by atoms with E-state index in [9.17, 15) is 13.2 Å². The minimum atomic E-state index is -3.66. The molecule has 0 aromatic heterocycles. The minimum absolute atomic E-state index is 0.232. The van der Waals surface area contributed by atoms with E-state index in [1.165, 1.54) is 7.11 Å². The summed E-state index contributed by atoms with van der Waals surface area (Å²) < 4.78 is 41.3. The number of carbonyl (C=O) groups is 1. The zero-order valence-electron chi connectivity index (χ0n) is 16.9. The number of methoxy groups -OCH3 is 2. The van der Waals surface area contributed by atoms with Gasteiger partial charge in [0.1, 0.15) is 30.4 Å². The molecule has 0 aliphatic rings. The maximum Gasteiger partial charge on any atom is 0.241 e. The van der Waals surface area contributed by atoms with Gasteiger partial charge in [-0.15, -0.1) is 0 Å². The Morgan fingerprint density at radius 1 is 1.03 bits per heavy atom. The maximum atomic E-state index is 12.4. The van der Waals surface area contributed by atoms with Crippen LogP contribution in [0.3, 0.4) is 0 Å². The van der Waals surface area contributed by atoms with Crippen molar-refractivity contribution in [2.45, 2.75) is 13.0 Å². The summed E-state index contributed by atoms with van der Waals surface area (Å²) in [4.78, 5) is 12.4. The van der Waals surface area contributed by atoms with Crippen molar-refractivity contribution in [3.05, 3.63) is 48.5 Å². The van der Waals surface area contributed by atoms with Crippen molar-refractivity contribution in [2.75, 3.05) is 37.9 Å². The van der Waals surface area contributed by atoms with Gasteiger partial charge in [-0.05, 0) is 43.3 Å². The number of nitrogens with one attached hydrogen (secondary N) is 1. The van der Waals surface area contributed by atoms with Crippen molar-refractivity contribution in [2.24, 2.45) is 0 Å². The predicted molar refractivity (Wildman–Crippen MR) is 111 cm³/mol. The van der Waals surface area contributed by atoms with Crippen LogP contribution in [0, 0.1) is 0 Å². The van der Waals surface area contributed by atoms with Gasteiger partial charge < -0.3 is 19.5 Å². The van der Waals surface area contributed by atoms with Crippen molar-refractivity contribution in [3.63, 3.8) is 0 Å². The first-order valence-electron chi connectivity index (χ1n) is 8.91. The third-order valence-electron chi connectivity index (χ3n) is 4.00. The molecule has 158 valence electrons. The largest absolute Gasteiger partial charge is 0.497 e. The van der Waals surface area contributed by atoms with Crippen LogP contribution >= 0.6 is 0 Å². The molecule has 0 aliphatic heterocycles. The number of nitrogens with zero attached hydrogens (tertiary/aromatic N) is 1. The van der Waals surface area contributed by atoms with Crippen LogP contribution in [0.1, 0.15) is 6.92 Å². The van der Waals surface area contributed by atoms with Crippen LogP contribution in [0.25, 0.3) is 0 Å². The van der Waals surface area contributed by atoms with Crippen LogP contribution in [-0.4, -0.2) is 54.0 Å². The molecule has 8 nitrogen and oxygen atoms in total. The van der Waals surface area contributed by atoms with Crippen molar-refractivity contribution in [3.8, 4) is 17.2 Å². The first-order chi connectivity index (χ1) is 13.7. The zero-order valence-corrected chi connectivity index (χ0v) is 17.7. The van der Waals surface area contributed by atoms with Crippen molar-refractivity contribution in [1.82, 2.24) is 5.32 Å². The molecule has 1 atom stereocenters. The fourth-order valence-electron chi connectivity index (χ4n) is 2.55. The third-order valence-corrected chi connectivity index (χ3v) is 5.14. The Labute approximate surface area is 171 Å². The first kappa shape index (κ1) is 22.4. The molecule has 1 N–H and O–H groups in total. The van der Waals surface area contributed by atoms with E-state index in [1.807, 2.05) is 0 Å². The molecule has 29 heavy (non-hydrogen) atoms. The summed E-state index contributed by atoms with van der Waals surface area (Å²) in [6, 6.07) is 13.3. The quantitative estimate of drug-likeness (QED) is 0.630. The van der Waals surface area contributed by atoms with Gasteiger partial charge in [-0.1, -0.05) is 6.07 Å². The van der Waals surface area contributed by atoms with Gasteiger partial charge in [-0.3, -0.25) is 9.10 Å². The van der Waals surface area contributed by atoms with Crippen LogP contribution in [0.15, 0.2) is 48.5 Å². The molecule has 0 spiro atoms. The lowest BCUT2D eigenvalue weighted by Gasteiger charge is -2.23. The molecule has 0 aliphatic carbocycles. The summed E-state index contributed by atoms with van der Waals surface area (Å²) in [5.41, 5.74) is 0.351. The molecule has 0 bridgehead atoms. The van der Waals surface area contributed by atoms with Gasteiger partial charge in [0.15, 0.2) is 0 Å². The highest BCUT2D eigenvalue weighted by Crippen LogP contribution is 2.23. The summed E-state index contributed by atoms with van der Waals surface area (Å²) in [6.45, 7) is 1.66. The van der Waals surface area contributed by atoms with E-state index in [0.29, 0.717) is 17.2 Å². The van der Waals surface area contributed by atoms with E-state index in [-0.39, 0.29) is 19.2 Å². The lowest BCUT2D eigenvalue weighted by molar-refractivity contribution is -0.120. The van der Waals surface area contributed by atoms with Gasteiger partial charge in [-0.2, -0.15) is 0 Å². The Kier molecular flexibility index (Phi) is 7.72. The van der Waals surface area contributed by atoms with Crippen LogP contribution in [0.5, 0.6) is 17.2 Å². The fraction of sp³-hybridized carbons (Fsp3) is 0.350. The first-order valence-corrected chi connectivity index (χ1v) is 10.8. The number of ether oxygens (including phenoxy) is 3. The Bertz CT molecular complexity index is 915. The summed E-state index contributed by atoms with van der Waals surface area (Å²) >= 11 is 0. The van der Waals surface area contributed by atoms with Gasteiger partial charge >= 0.3 is 0 Å². The number of sulfonamides is 1. The standard InChI is InChI=1S/C20H26N2O6S/c1-15(14-28-18-10-8-17(26-2)9-11-18)21-20(23)13-22(29(4,24)25)16-6-5-7-19(12-16)27-3/h5-12,15H,13-14H2,1-4H3,(H,21,23)/t15-/m0/s1. The predicted octanol–water partition coefficient (Wildman–Crippen LogP) is 2.05. The van der Waals surface area contributed by atoms with E-state index >= 15 is 0 Å². The lowest BCUT2D eigenvalue weighted by atomic mass is 10.3. The van der Waals surface area contributed by atoms with Crippen LogP contribution in [0.2, 0.25) is 0 Å². The SMILES string of the molecule is COc1ccc(OC[C@H](C)NC(=O)CN(c2cccc(OC)c2)S(C)(=O)=O)cc1. The van der Waals surface area contributed by atoms with Crippen LogP contribution in [-0.2, 0) is 14.8 Å². The maximum absolute atomic E-state index is 12.4. The molecular weight excluding hydrogens is 396 g/mol. The fourth-order valence-corrected chi connectivity index (χ4v) is 3.40. The molecule has 0 unspecified atom stereocenters. The summed E-state index contributed by atoms with van der Waals surface area (Å²) in [6.07, 6.45) is 1.05. The molecule has 0 saturated heterocycles. The van der Waals surface area contributed by atoms with Gasteiger partial charge in [0.2, 0.25) is 15.9 Å². The molecular formula is C20H26N2O6S. The highest BCUT2D eigenvalue weighted by atomic mass is 32.2. The lowest BCUT2D eigenvalue weighted by Crippen LogP contribution is -2.44. The molecule has 0 fully saturated rings. The second-order valence-corrected chi connectivity index (χ2v) is 8.33. The smallest absolute Gasteiger partial charge is 0.241 e. The Balaban J connectivity index is 1.96. The monoisotopic (exact) mass is 422 g/mol. The molecule has 2 aromatic rings. The molecule has 1 amide bonds. The number of amides is 1. The van der Waals surface area contributed by atoms with Crippen molar-refractivity contribution >= 4 is 21.6 Å². The second-order valence-electron chi connectivity index (χ2n) is 6.43. The highest BCUT2D eigenvalue weighted by Gasteiger charge is 2.22. The molecule has 0 heterocycles. The zero-order chi connectivity index (χ0) is 21.4. The highest BCUT2D eigenvalue weighted by molar-refractivity contribution is 7.92. The normalized spacial score (nSPS) is 12.0. The minimum Gasteiger partial charge on any atom is -0.497 e. The van der Waals surface area contributed by atoms with E-state index in [0.717, 1.165) is 16.3 Å². The molecule has 0 saturated carbocycles. The Morgan fingerprint density at radius 2 is 1.66 bits per heavy atom. The van der Waals surface area contributed by atoms with Gasteiger partial charge in [0, 0.05) is 6.07 Å². The van der Waals surface area contributed by atoms with E-state index in [4.69, 9.17) is 14.2 Å². The van der Waals surface area contributed by atoms with Gasteiger partial charge in [0.25, 0.3) is 0 Å². The number of rotatable bonds is 10. The summed E-state index contributed by atoms with van der Waals surface area (Å²) in [5, 5.41) is 2.75. The summed E-state index contributed by atoms with van der Waals surface area (Å²) in [5.74, 6) is 1.42. The van der Waals surface area contributed by atoms with E-state index in [2.05, 4.69) is 5.32 Å². The summed E-state index contributed by atoms with van der Waals surface area (Å²) in [7, 11) is -0.593. The topological polar surface area (TPSA) is 94.2 Å². The van der Waals surface area contributed by atoms with Crippen LogP contribution in [0.4, 0.5) is 5.69 Å². The molecule has 0 radical (unpaired) electrons. The average Bonchev–Trinajstić information content (AvgIpc) is 2.70. The average molecular weight is 423 g/mol. The number of hydrogen-bond donors (Lipinski definition) is 1. The van der Waals surface area contributed by atoms with E-state index in [1.54, 1.807) is 62.6 Å². The Hall–Kier alpha value is -2.94. The molecule has 2 aromatic carbocycles. The van der Waals surface area contributed by atoms with Gasteiger partial charge in [0.05, 0.1) is 32.2 Å². The number of anilines is 1. The molecule has 2 rings (SSSR count). The third kappa shape index (κ3) is 6.86. The van der Waals surface area contributed by atoms with Crippen molar-refractivity contribution in [1.29, 1.82) is 0 Å². The Morgan fingerprint density at radius 3 is 2.24 bits per heavy atom. The van der Waals surface area contributed by atoms with Gasteiger partial charge in [-0.25, -0.2) is 8.42 Å². The van der Waals surface area contributed by atoms with Crippen molar-refractivity contribution < 1.29 is 27.4 Å². The second kappa shape index (κ2) is 10.0.